The van der Waals surface area contributed by atoms with Gasteiger partial charge in [0.15, 0.2) is 0 Å². The topological polar surface area (TPSA) is 41.1 Å². The summed E-state index contributed by atoms with van der Waals surface area (Å²) in [6, 6.07) is 7.76. The fourth-order valence-corrected chi connectivity index (χ4v) is 1.60. The summed E-state index contributed by atoms with van der Waals surface area (Å²) in [6.07, 6.45) is 0. The largest absolute Gasteiger partial charge is 0.337 e. The fourth-order valence-electron chi connectivity index (χ4n) is 1.40. The number of hydrogen-bond donors (Lipinski definition) is 2. The molecule has 0 unspecified atom stereocenters. The minimum atomic E-state index is -0.171. The van der Waals surface area contributed by atoms with E-state index in [-0.39, 0.29) is 11.4 Å². The number of benzene rings is 1. The number of carbonyl (C=O) groups excluding carboxylic acids is 1. The highest BCUT2D eigenvalue weighted by atomic mass is 79.9. The van der Waals surface area contributed by atoms with Gasteiger partial charge in [-0.1, -0.05) is 48.8 Å². The molecule has 0 aliphatic heterocycles. The Bertz CT molecular complexity index is 385. The highest BCUT2D eigenvalue weighted by Crippen LogP contribution is 2.24. The molecule has 0 fully saturated rings. The fraction of sp³-hybridized carbons (Fsp3) is 0.462. The number of alkyl halides is 1. The van der Waals surface area contributed by atoms with Crippen LogP contribution in [0.2, 0.25) is 0 Å². The van der Waals surface area contributed by atoms with Gasteiger partial charge in [-0.2, -0.15) is 0 Å². The molecule has 0 heterocycles. The van der Waals surface area contributed by atoms with E-state index in [9.17, 15) is 4.79 Å². The van der Waals surface area contributed by atoms with Crippen LogP contribution < -0.4 is 10.6 Å². The van der Waals surface area contributed by atoms with Gasteiger partial charge < -0.3 is 10.6 Å². The Labute approximate surface area is 111 Å². The quantitative estimate of drug-likeness (QED) is 0.824. The molecule has 2 amide bonds. The molecular weight excluding hydrogens is 280 g/mol. The van der Waals surface area contributed by atoms with Crippen LogP contribution in [0.15, 0.2) is 24.3 Å². The molecule has 0 aliphatic rings. The highest BCUT2D eigenvalue weighted by Gasteiger charge is 2.13. The Morgan fingerprint density at radius 1 is 1.35 bits per heavy atom. The van der Waals surface area contributed by atoms with Gasteiger partial charge in [0.2, 0.25) is 0 Å². The molecule has 1 aromatic carbocycles. The summed E-state index contributed by atoms with van der Waals surface area (Å²) in [7, 11) is 0. The molecule has 0 aliphatic carbocycles. The predicted octanol–water partition coefficient (Wildman–Crippen LogP) is 3.50. The summed E-state index contributed by atoms with van der Waals surface area (Å²) in [6.45, 7) is 7.07. The van der Waals surface area contributed by atoms with Crippen LogP contribution in [0.3, 0.4) is 0 Å². The SMILES string of the molecule is CC(C)(C)c1cccc(NC(=O)NCCBr)c1. The molecule has 0 aromatic heterocycles. The van der Waals surface area contributed by atoms with Crippen LogP contribution in [-0.2, 0) is 5.41 Å². The van der Waals surface area contributed by atoms with Crippen molar-refractivity contribution in [3.05, 3.63) is 29.8 Å². The van der Waals surface area contributed by atoms with Crippen LogP contribution >= 0.6 is 15.9 Å². The molecule has 0 bridgehead atoms. The third-order valence-corrected chi connectivity index (χ3v) is 2.76. The molecule has 2 N–H and O–H groups in total. The average Bonchev–Trinajstić information content (AvgIpc) is 2.25. The van der Waals surface area contributed by atoms with Gasteiger partial charge in [-0.15, -0.1) is 0 Å². The molecule has 1 aromatic rings. The monoisotopic (exact) mass is 298 g/mol. The Morgan fingerprint density at radius 2 is 2.06 bits per heavy atom. The smallest absolute Gasteiger partial charge is 0.319 e. The third-order valence-electron chi connectivity index (χ3n) is 2.37. The molecule has 94 valence electrons. The zero-order valence-corrected chi connectivity index (χ0v) is 12.1. The van der Waals surface area contributed by atoms with Crippen LogP contribution in [0, 0.1) is 0 Å². The lowest BCUT2D eigenvalue weighted by Crippen LogP contribution is -2.30. The van der Waals surface area contributed by atoms with Gasteiger partial charge >= 0.3 is 6.03 Å². The number of nitrogens with one attached hydrogen (secondary N) is 2. The Hall–Kier alpha value is -1.03. The van der Waals surface area contributed by atoms with Gasteiger partial charge in [-0.3, -0.25) is 0 Å². The first-order chi connectivity index (χ1) is 7.93. The number of carbonyl (C=O) groups is 1. The minimum Gasteiger partial charge on any atom is -0.337 e. The average molecular weight is 299 g/mol. The Kier molecular flexibility index (Phi) is 5.00. The molecule has 4 heteroatoms. The lowest BCUT2D eigenvalue weighted by atomic mass is 9.87. The molecule has 0 spiro atoms. The molecule has 0 saturated carbocycles. The number of urea groups is 1. The first kappa shape index (κ1) is 14.0. The van der Waals surface area contributed by atoms with Gasteiger partial charge in [0.1, 0.15) is 0 Å². The molecule has 3 nitrogen and oxygen atoms in total. The zero-order valence-electron chi connectivity index (χ0n) is 10.5. The van der Waals surface area contributed by atoms with Crippen molar-refractivity contribution < 1.29 is 4.79 Å². The summed E-state index contributed by atoms with van der Waals surface area (Å²) in [5, 5.41) is 6.31. The van der Waals surface area contributed by atoms with E-state index >= 15 is 0 Å². The van der Waals surface area contributed by atoms with Crippen LogP contribution in [0.5, 0.6) is 0 Å². The summed E-state index contributed by atoms with van der Waals surface area (Å²) < 4.78 is 0. The second kappa shape index (κ2) is 6.05. The van der Waals surface area contributed by atoms with Crippen LogP contribution in [-0.4, -0.2) is 17.9 Å². The van der Waals surface area contributed by atoms with E-state index in [1.165, 1.54) is 5.56 Å². The lowest BCUT2D eigenvalue weighted by Gasteiger charge is -2.19. The number of anilines is 1. The van der Waals surface area contributed by atoms with Crippen molar-refractivity contribution in [1.82, 2.24) is 5.32 Å². The highest BCUT2D eigenvalue weighted by molar-refractivity contribution is 9.09. The van der Waals surface area contributed by atoms with Gasteiger partial charge in [0.05, 0.1) is 0 Å². The maximum atomic E-state index is 11.5. The Morgan fingerprint density at radius 3 is 2.65 bits per heavy atom. The van der Waals surface area contributed by atoms with E-state index in [0.29, 0.717) is 6.54 Å². The molecule has 0 saturated heterocycles. The van der Waals surface area contributed by atoms with Crippen molar-refractivity contribution in [3.8, 4) is 0 Å². The van der Waals surface area contributed by atoms with Crippen LogP contribution in [0.4, 0.5) is 10.5 Å². The van der Waals surface area contributed by atoms with Gasteiger partial charge in [0, 0.05) is 17.6 Å². The standard InChI is InChI=1S/C13H19BrN2O/c1-13(2,3)10-5-4-6-11(9-10)16-12(17)15-8-7-14/h4-6,9H,7-8H2,1-3H3,(H2,15,16,17). The molecule has 1 rings (SSSR count). The first-order valence-corrected chi connectivity index (χ1v) is 6.77. The first-order valence-electron chi connectivity index (χ1n) is 5.65. The van der Waals surface area contributed by atoms with Crippen molar-refractivity contribution in [3.63, 3.8) is 0 Å². The maximum Gasteiger partial charge on any atom is 0.319 e. The van der Waals surface area contributed by atoms with Gasteiger partial charge in [-0.25, -0.2) is 4.79 Å². The predicted molar refractivity (Wildman–Crippen MR) is 76.0 cm³/mol. The molecule has 0 atom stereocenters. The number of rotatable bonds is 3. The van der Waals surface area contributed by atoms with E-state index in [1.54, 1.807) is 0 Å². The summed E-state index contributed by atoms with van der Waals surface area (Å²) in [4.78, 5) is 11.5. The molecule has 0 radical (unpaired) electrons. The van der Waals surface area contributed by atoms with Crippen molar-refractivity contribution in [2.75, 3.05) is 17.2 Å². The summed E-state index contributed by atoms with van der Waals surface area (Å²) >= 11 is 3.26. The van der Waals surface area contributed by atoms with E-state index in [4.69, 9.17) is 0 Å². The Balaban J connectivity index is 2.69. The number of halogens is 1. The molecular formula is C13H19BrN2O. The van der Waals surface area contributed by atoms with Crippen molar-refractivity contribution in [2.45, 2.75) is 26.2 Å². The van der Waals surface area contributed by atoms with E-state index in [2.05, 4.69) is 53.4 Å². The maximum absolute atomic E-state index is 11.5. The zero-order chi connectivity index (χ0) is 12.9. The van der Waals surface area contributed by atoms with Crippen molar-refractivity contribution >= 4 is 27.6 Å². The second-order valence-corrected chi connectivity index (χ2v) is 5.69. The summed E-state index contributed by atoms with van der Waals surface area (Å²) in [5.74, 6) is 0. The van der Waals surface area contributed by atoms with Crippen molar-refractivity contribution in [2.24, 2.45) is 0 Å². The van der Waals surface area contributed by atoms with E-state index in [1.807, 2.05) is 18.2 Å². The van der Waals surface area contributed by atoms with E-state index in [0.717, 1.165) is 11.0 Å². The molecule has 17 heavy (non-hydrogen) atoms. The lowest BCUT2D eigenvalue weighted by molar-refractivity contribution is 0.252. The summed E-state index contributed by atoms with van der Waals surface area (Å²) in [5.41, 5.74) is 2.12. The normalized spacial score (nSPS) is 11.1. The minimum absolute atomic E-state index is 0.0873. The van der Waals surface area contributed by atoms with Crippen molar-refractivity contribution in [1.29, 1.82) is 0 Å². The van der Waals surface area contributed by atoms with Crippen LogP contribution in [0.1, 0.15) is 26.3 Å². The van der Waals surface area contributed by atoms with Crippen LogP contribution in [0.25, 0.3) is 0 Å². The third kappa shape index (κ3) is 4.77. The second-order valence-electron chi connectivity index (χ2n) is 4.90. The number of amides is 2. The van der Waals surface area contributed by atoms with E-state index < -0.39 is 0 Å². The van der Waals surface area contributed by atoms with Gasteiger partial charge in [0.25, 0.3) is 0 Å². The number of hydrogen-bond acceptors (Lipinski definition) is 1. The van der Waals surface area contributed by atoms with Gasteiger partial charge in [-0.05, 0) is 23.1 Å².